The molecule has 1 aromatic heterocycles. The molecule has 0 spiro atoms. The number of carbonyl (C=O) groups is 1. The van der Waals surface area contributed by atoms with Gasteiger partial charge in [0.1, 0.15) is 0 Å². The summed E-state index contributed by atoms with van der Waals surface area (Å²) in [4.78, 5) is 13.5. The van der Waals surface area contributed by atoms with Crippen LogP contribution in [0.3, 0.4) is 0 Å². The first-order valence-electron chi connectivity index (χ1n) is 6.06. The van der Waals surface area contributed by atoms with Gasteiger partial charge in [0.2, 0.25) is 5.78 Å². The van der Waals surface area contributed by atoms with Crippen molar-refractivity contribution in [2.45, 2.75) is 4.90 Å². The fourth-order valence-electron chi connectivity index (χ4n) is 2.02. The molecule has 2 nitrogen and oxygen atoms in total. The zero-order valence-corrected chi connectivity index (χ0v) is 12.3. The third kappa shape index (κ3) is 2.35. The van der Waals surface area contributed by atoms with E-state index in [1.165, 1.54) is 0 Å². The predicted octanol–water partition coefficient (Wildman–Crippen LogP) is 5.04. The monoisotopic (exact) mass is 302 g/mol. The Bertz CT molecular complexity index is 775. The summed E-state index contributed by atoms with van der Waals surface area (Å²) in [7, 11) is 0. The second kappa shape index (κ2) is 5.35. The minimum Gasteiger partial charge on any atom is -0.451 e. The van der Waals surface area contributed by atoms with E-state index in [4.69, 9.17) is 16.0 Å². The number of ketones is 1. The van der Waals surface area contributed by atoms with Crippen molar-refractivity contribution in [3.05, 3.63) is 64.9 Å². The van der Waals surface area contributed by atoms with E-state index >= 15 is 0 Å². The summed E-state index contributed by atoms with van der Waals surface area (Å²) in [5.41, 5.74) is 1.16. The molecule has 0 atom stereocenters. The SMILES string of the molecule is CSc1ccc(C(=O)c2cc3cccc(Cl)c3o2)cc1. The van der Waals surface area contributed by atoms with Crippen molar-refractivity contribution in [3.8, 4) is 0 Å². The summed E-state index contributed by atoms with van der Waals surface area (Å²) in [6, 6.07) is 14.6. The van der Waals surface area contributed by atoms with Crippen molar-refractivity contribution in [2.24, 2.45) is 0 Å². The first kappa shape index (κ1) is 13.3. The van der Waals surface area contributed by atoms with Crippen molar-refractivity contribution in [2.75, 3.05) is 6.26 Å². The highest BCUT2D eigenvalue weighted by atomic mass is 35.5. The highest BCUT2D eigenvalue weighted by Gasteiger charge is 2.15. The molecule has 0 unspecified atom stereocenters. The molecule has 0 saturated carbocycles. The molecule has 0 amide bonds. The summed E-state index contributed by atoms with van der Waals surface area (Å²) in [5, 5.41) is 1.35. The topological polar surface area (TPSA) is 30.2 Å². The van der Waals surface area contributed by atoms with Gasteiger partial charge in [0.25, 0.3) is 0 Å². The lowest BCUT2D eigenvalue weighted by Gasteiger charge is -1.99. The van der Waals surface area contributed by atoms with Crippen LogP contribution < -0.4 is 0 Å². The zero-order valence-electron chi connectivity index (χ0n) is 10.7. The van der Waals surface area contributed by atoms with E-state index in [2.05, 4.69) is 0 Å². The molecule has 0 aliphatic heterocycles. The van der Waals surface area contributed by atoms with Crippen LogP contribution in [0, 0.1) is 0 Å². The zero-order chi connectivity index (χ0) is 14.1. The van der Waals surface area contributed by atoms with Crippen LogP contribution in [-0.4, -0.2) is 12.0 Å². The molecule has 4 heteroatoms. The first-order valence-corrected chi connectivity index (χ1v) is 7.66. The lowest BCUT2D eigenvalue weighted by atomic mass is 10.1. The number of benzene rings is 2. The minimum atomic E-state index is -0.134. The number of furan rings is 1. The number of para-hydroxylation sites is 1. The summed E-state index contributed by atoms with van der Waals surface area (Å²) < 4.78 is 5.58. The summed E-state index contributed by atoms with van der Waals surface area (Å²) in [6.07, 6.45) is 2.00. The van der Waals surface area contributed by atoms with Crippen molar-refractivity contribution in [3.63, 3.8) is 0 Å². The number of halogens is 1. The van der Waals surface area contributed by atoms with Crippen LogP contribution in [0.4, 0.5) is 0 Å². The Morgan fingerprint density at radius 3 is 2.55 bits per heavy atom. The van der Waals surface area contributed by atoms with Crippen molar-refractivity contribution < 1.29 is 9.21 Å². The third-order valence-corrected chi connectivity index (χ3v) is 4.11. The van der Waals surface area contributed by atoms with E-state index in [9.17, 15) is 4.79 Å². The Morgan fingerprint density at radius 2 is 1.90 bits per heavy atom. The number of hydrogen-bond acceptors (Lipinski definition) is 3. The normalized spacial score (nSPS) is 10.9. The van der Waals surface area contributed by atoms with Crippen LogP contribution in [0.25, 0.3) is 11.0 Å². The fraction of sp³-hybridized carbons (Fsp3) is 0.0625. The van der Waals surface area contributed by atoms with E-state index in [-0.39, 0.29) is 5.78 Å². The molecule has 0 saturated heterocycles. The van der Waals surface area contributed by atoms with Crippen LogP contribution in [-0.2, 0) is 0 Å². The highest BCUT2D eigenvalue weighted by Crippen LogP contribution is 2.28. The van der Waals surface area contributed by atoms with Gasteiger partial charge >= 0.3 is 0 Å². The Labute approximate surface area is 125 Å². The third-order valence-electron chi connectivity index (χ3n) is 3.07. The van der Waals surface area contributed by atoms with Gasteiger partial charge in [-0.1, -0.05) is 23.7 Å². The van der Waals surface area contributed by atoms with Gasteiger partial charge in [-0.05, 0) is 42.7 Å². The molecule has 0 fully saturated rings. The van der Waals surface area contributed by atoms with Gasteiger partial charge in [-0.25, -0.2) is 0 Å². The van der Waals surface area contributed by atoms with E-state index in [0.29, 0.717) is 21.9 Å². The van der Waals surface area contributed by atoms with Gasteiger partial charge in [-0.2, -0.15) is 0 Å². The molecule has 0 aliphatic carbocycles. The Kier molecular flexibility index (Phi) is 3.55. The first-order chi connectivity index (χ1) is 9.69. The molecule has 0 N–H and O–H groups in total. The van der Waals surface area contributed by atoms with Crippen molar-refractivity contribution in [1.29, 1.82) is 0 Å². The molecule has 0 radical (unpaired) electrons. The van der Waals surface area contributed by atoms with E-state index in [1.54, 1.807) is 23.9 Å². The standard InChI is InChI=1S/C16H11ClO2S/c1-20-12-7-5-10(6-8-12)15(18)14-9-11-3-2-4-13(17)16(11)19-14/h2-9H,1H3. The van der Waals surface area contributed by atoms with Gasteiger partial charge in [0.05, 0.1) is 5.02 Å². The summed E-state index contributed by atoms with van der Waals surface area (Å²) in [6.45, 7) is 0. The van der Waals surface area contributed by atoms with Gasteiger partial charge < -0.3 is 4.42 Å². The van der Waals surface area contributed by atoms with Crippen LogP contribution in [0.15, 0.2) is 57.8 Å². The molecule has 0 bridgehead atoms. The number of thioether (sulfide) groups is 1. The van der Waals surface area contributed by atoms with E-state index < -0.39 is 0 Å². The molecular formula is C16H11ClO2S. The summed E-state index contributed by atoms with van der Waals surface area (Å²) in [5.74, 6) is 0.176. The smallest absolute Gasteiger partial charge is 0.228 e. The average molecular weight is 303 g/mol. The lowest BCUT2D eigenvalue weighted by Crippen LogP contribution is -1.98. The second-order valence-corrected chi connectivity index (χ2v) is 5.61. The maximum Gasteiger partial charge on any atom is 0.228 e. The molecule has 3 rings (SSSR count). The molecule has 1 heterocycles. The van der Waals surface area contributed by atoms with E-state index in [1.807, 2.05) is 42.7 Å². The van der Waals surface area contributed by atoms with Crippen LogP contribution in [0.5, 0.6) is 0 Å². The van der Waals surface area contributed by atoms with Gasteiger partial charge in [0, 0.05) is 15.8 Å². The summed E-state index contributed by atoms with van der Waals surface area (Å²) >= 11 is 7.69. The largest absolute Gasteiger partial charge is 0.451 e. The Morgan fingerprint density at radius 1 is 1.15 bits per heavy atom. The van der Waals surface area contributed by atoms with Crippen LogP contribution in [0.1, 0.15) is 16.1 Å². The van der Waals surface area contributed by atoms with Gasteiger partial charge in [-0.15, -0.1) is 11.8 Å². The quantitative estimate of drug-likeness (QED) is 0.501. The molecule has 2 aromatic carbocycles. The molecule has 0 aliphatic rings. The minimum absolute atomic E-state index is 0.134. The van der Waals surface area contributed by atoms with E-state index in [0.717, 1.165) is 10.3 Å². The Balaban J connectivity index is 2.01. The Hall–Kier alpha value is -1.71. The number of carbonyl (C=O) groups excluding carboxylic acids is 1. The van der Waals surface area contributed by atoms with Crippen molar-refractivity contribution >= 4 is 40.1 Å². The maximum atomic E-state index is 12.4. The molecule has 3 aromatic rings. The molecule has 20 heavy (non-hydrogen) atoms. The van der Waals surface area contributed by atoms with Crippen LogP contribution in [0.2, 0.25) is 5.02 Å². The lowest BCUT2D eigenvalue weighted by molar-refractivity contribution is 0.101. The molecular weight excluding hydrogens is 292 g/mol. The average Bonchev–Trinajstić information content (AvgIpc) is 2.92. The van der Waals surface area contributed by atoms with Gasteiger partial charge in [0.15, 0.2) is 11.3 Å². The number of hydrogen-bond donors (Lipinski definition) is 0. The van der Waals surface area contributed by atoms with Gasteiger partial charge in [-0.3, -0.25) is 4.79 Å². The maximum absolute atomic E-state index is 12.4. The van der Waals surface area contributed by atoms with Crippen molar-refractivity contribution in [1.82, 2.24) is 0 Å². The van der Waals surface area contributed by atoms with Crippen LogP contribution >= 0.6 is 23.4 Å². The molecule has 100 valence electrons. The predicted molar refractivity (Wildman–Crippen MR) is 82.9 cm³/mol. The fourth-order valence-corrected chi connectivity index (χ4v) is 2.65. The number of rotatable bonds is 3. The highest BCUT2D eigenvalue weighted by molar-refractivity contribution is 7.98. The number of fused-ring (bicyclic) bond motifs is 1. The second-order valence-electron chi connectivity index (χ2n) is 4.33.